The molecule has 0 heterocycles. The number of anilines is 1. The molecule has 1 amide bonds. The molecule has 110 valence electrons. The van der Waals surface area contributed by atoms with Crippen LogP contribution in [0.1, 0.15) is 32.6 Å². The number of amides is 1. The van der Waals surface area contributed by atoms with E-state index in [0.717, 1.165) is 12.2 Å². The summed E-state index contributed by atoms with van der Waals surface area (Å²) in [5.41, 5.74) is 0.775. The number of hydrogen-bond acceptors (Lipinski definition) is 3. The summed E-state index contributed by atoms with van der Waals surface area (Å²) in [5, 5.41) is 0. The third kappa shape index (κ3) is 3.60. The maximum Gasteiger partial charge on any atom is 0.223 e. The highest BCUT2D eigenvalue weighted by Gasteiger charge is 2.21. The predicted octanol–water partition coefficient (Wildman–Crippen LogP) is 2.63. The van der Waals surface area contributed by atoms with Crippen LogP contribution in [0.4, 0.5) is 5.69 Å². The summed E-state index contributed by atoms with van der Waals surface area (Å²) in [6, 6.07) is 6.56. The van der Waals surface area contributed by atoms with Crippen LogP contribution in [0.3, 0.4) is 0 Å². The molecule has 1 aliphatic rings. The van der Waals surface area contributed by atoms with Gasteiger partial charge in [0.1, 0.15) is 0 Å². The summed E-state index contributed by atoms with van der Waals surface area (Å²) in [5.74, 6) is 0.567. The van der Waals surface area contributed by atoms with E-state index in [0.29, 0.717) is 5.92 Å². The normalized spacial score (nSPS) is 16.3. The van der Waals surface area contributed by atoms with Crippen LogP contribution in [0.15, 0.2) is 29.2 Å². The van der Waals surface area contributed by atoms with Crippen molar-refractivity contribution < 1.29 is 13.2 Å². The van der Waals surface area contributed by atoms with Crippen molar-refractivity contribution in [2.45, 2.75) is 37.5 Å². The minimum atomic E-state index is -3.19. The molecule has 2 rings (SSSR count). The Hall–Kier alpha value is -1.36. The van der Waals surface area contributed by atoms with E-state index in [1.54, 1.807) is 36.1 Å². The van der Waals surface area contributed by atoms with Gasteiger partial charge in [0.15, 0.2) is 9.84 Å². The molecule has 0 spiro atoms. The highest BCUT2D eigenvalue weighted by atomic mass is 32.2. The lowest BCUT2D eigenvalue weighted by molar-refractivity contribution is -0.116. The second-order valence-corrected chi connectivity index (χ2v) is 7.56. The van der Waals surface area contributed by atoms with Crippen molar-refractivity contribution in [3.8, 4) is 0 Å². The average molecular weight is 295 g/mol. The number of carbonyl (C=O) groups excluding carboxylic acids is 1. The van der Waals surface area contributed by atoms with E-state index >= 15 is 0 Å². The van der Waals surface area contributed by atoms with Gasteiger partial charge in [-0.25, -0.2) is 8.42 Å². The van der Waals surface area contributed by atoms with Crippen molar-refractivity contribution in [2.75, 3.05) is 17.7 Å². The first-order chi connectivity index (χ1) is 9.38. The van der Waals surface area contributed by atoms with Gasteiger partial charge in [0.2, 0.25) is 5.91 Å². The largest absolute Gasteiger partial charge is 0.312 e. The van der Waals surface area contributed by atoms with Gasteiger partial charge in [0.05, 0.1) is 4.90 Å². The molecule has 1 aromatic rings. The van der Waals surface area contributed by atoms with Gasteiger partial charge in [0.25, 0.3) is 0 Å². The molecule has 1 saturated carbocycles. The Labute approximate surface area is 120 Å². The van der Waals surface area contributed by atoms with Crippen LogP contribution < -0.4 is 4.90 Å². The fourth-order valence-electron chi connectivity index (χ4n) is 2.74. The van der Waals surface area contributed by atoms with Crippen LogP contribution in [0.2, 0.25) is 0 Å². The molecule has 0 N–H and O–H groups in total. The number of nitrogens with zero attached hydrogens (tertiary/aromatic N) is 1. The van der Waals surface area contributed by atoms with E-state index in [2.05, 4.69) is 0 Å². The van der Waals surface area contributed by atoms with E-state index < -0.39 is 9.84 Å². The minimum absolute atomic E-state index is 0.00371. The number of sulfone groups is 1. The summed E-state index contributed by atoms with van der Waals surface area (Å²) < 4.78 is 22.9. The Morgan fingerprint density at radius 2 is 1.75 bits per heavy atom. The zero-order valence-electron chi connectivity index (χ0n) is 12.0. The van der Waals surface area contributed by atoms with Crippen LogP contribution in [-0.2, 0) is 14.6 Å². The number of rotatable bonds is 4. The number of hydrogen-bond donors (Lipinski definition) is 0. The molecular formula is C15H21NO3S. The fourth-order valence-corrected chi connectivity index (χ4v) is 3.37. The maximum absolute atomic E-state index is 11.8. The monoisotopic (exact) mass is 295 g/mol. The molecular weight excluding hydrogens is 274 g/mol. The van der Waals surface area contributed by atoms with E-state index in [1.807, 2.05) is 0 Å². The van der Waals surface area contributed by atoms with Crippen LogP contribution in [0, 0.1) is 5.92 Å². The molecule has 4 nitrogen and oxygen atoms in total. The Kier molecular flexibility index (Phi) is 4.48. The molecule has 1 fully saturated rings. The van der Waals surface area contributed by atoms with Gasteiger partial charge in [-0.1, -0.05) is 12.8 Å². The molecule has 1 aliphatic carbocycles. The van der Waals surface area contributed by atoms with Gasteiger partial charge < -0.3 is 4.90 Å². The highest BCUT2D eigenvalue weighted by molar-refractivity contribution is 7.90. The summed E-state index contributed by atoms with van der Waals surface area (Å²) in [4.78, 5) is 13.9. The quantitative estimate of drug-likeness (QED) is 0.858. The van der Waals surface area contributed by atoms with E-state index in [-0.39, 0.29) is 10.8 Å². The molecule has 0 unspecified atom stereocenters. The third-order valence-corrected chi connectivity index (χ3v) is 5.00. The topological polar surface area (TPSA) is 54.5 Å². The molecule has 5 heteroatoms. The van der Waals surface area contributed by atoms with Crippen LogP contribution in [0.25, 0.3) is 0 Å². The van der Waals surface area contributed by atoms with Gasteiger partial charge in [-0.3, -0.25) is 4.79 Å². The van der Waals surface area contributed by atoms with E-state index in [1.165, 1.54) is 31.9 Å². The SMILES string of the molecule is CC(=O)N(CC1CCCC1)c1ccc(S(C)(=O)=O)cc1. The van der Waals surface area contributed by atoms with Gasteiger partial charge in [-0.05, 0) is 43.0 Å². The molecule has 0 saturated heterocycles. The number of benzene rings is 1. The standard InChI is InChI=1S/C15H21NO3S/c1-12(17)16(11-13-5-3-4-6-13)14-7-9-15(10-8-14)20(2,18)19/h7-10,13H,3-6,11H2,1-2H3. The molecule has 0 bridgehead atoms. The zero-order chi connectivity index (χ0) is 14.8. The van der Waals surface area contributed by atoms with Crippen molar-refractivity contribution in [3.05, 3.63) is 24.3 Å². The van der Waals surface area contributed by atoms with Crippen molar-refractivity contribution in [1.82, 2.24) is 0 Å². The Bertz CT molecular complexity index is 572. The van der Waals surface area contributed by atoms with E-state index in [9.17, 15) is 13.2 Å². The van der Waals surface area contributed by atoms with Gasteiger partial charge in [-0.15, -0.1) is 0 Å². The van der Waals surface area contributed by atoms with Gasteiger partial charge >= 0.3 is 0 Å². The third-order valence-electron chi connectivity index (χ3n) is 3.87. The maximum atomic E-state index is 11.8. The smallest absolute Gasteiger partial charge is 0.223 e. The molecule has 0 aliphatic heterocycles. The summed E-state index contributed by atoms with van der Waals surface area (Å²) in [6.45, 7) is 2.28. The first kappa shape index (κ1) is 15.0. The Balaban J connectivity index is 2.19. The summed E-state index contributed by atoms with van der Waals surface area (Å²) >= 11 is 0. The van der Waals surface area contributed by atoms with Crippen LogP contribution in [-0.4, -0.2) is 27.1 Å². The molecule has 0 aromatic heterocycles. The second kappa shape index (κ2) is 5.95. The van der Waals surface area contributed by atoms with Gasteiger partial charge in [-0.2, -0.15) is 0 Å². The van der Waals surface area contributed by atoms with Crippen molar-refractivity contribution in [2.24, 2.45) is 5.92 Å². The fraction of sp³-hybridized carbons (Fsp3) is 0.533. The Morgan fingerprint density at radius 3 is 2.20 bits per heavy atom. The molecule has 0 atom stereocenters. The Morgan fingerprint density at radius 1 is 1.20 bits per heavy atom. The minimum Gasteiger partial charge on any atom is -0.312 e. The second-order valence-electron chi connectivity index (χ2n) is 5.55. The van der Waals surface area contributed by atoms with Crippen LogP contribution >= 0.6 is 0 Å². The lowest BCUT2D eigenvalue weighted by Gasteiger charge is -2.24. The highest BCUT2D eigenvalue weighted by Crippen LogP contribution is 2.28. The first-order valence-corrected chi connectivity index (χ1v) is 8.85. The molecule has 1 aromatic carbocycles. The summed E-state index contributed by atoms with van der Waals surface area (Å²) in [6.07, 6.45) is 6.01. The predicted molar refractivity (Wildman–Crippen MR) is 79.5 cm³/mol. The lowest BCUT2D eigenvalue weighted by atomic mass is 10.1. The number of carbonyl (C=O) groups is 1. The van der Waals surface area contributed by atoms with Crippen molar-refractivity contribution in [3.63, 3.8) is 0 Å². The van der Waals surface area contributed by atoms with Crippen LogP contribution in [0.5, 0.6) is 0 Å². The molecule has 0 radical (unpaired) electrons. The van der Waals surface area contributed by atoms with Gasteiger partial charge in [0, 0.05) is 25.4 Å². The van der Waals surface area contributed by atoms with E-state index in [4.69, 9.17) is 0 Å². The zero-order valence-corrected chi connectivity index (χ0v) is 12.8. The lowest BCUT2D eigenvalue weighted by Crippen LogP contribution is -2.32. The first-order valence-electron chi connectivity index (χ1n) is 6.96. The van der Waals surface area contributed by atoms with Crippen molar-refractivity contribution >= 4 is 21.4 Å². The average Bonchev–Trinajstić information content (AvgIpc) is 2.87. The molecule has 20 heavy (non-hydrogen) atoms. The van der Waals surface area contributed by atoms with Crippen molar-refractivity contribution in [1.29, 1.82) is 0 Å². The summed E-state index contributed by atoms with van der Waals surface area (Å²) in [7, 11) is -3.19.